The van der Waals surface area contributed by atoms with Crippen molar-refractivity contribution in [1.82, 2.24) is 0 Å². The molecule has 0 aliphatic heterocycles. The van der Waals surface area contributed by atoms with Crippen molar-refractivity contribution in [2.45, 2.75) is 19.8 Å². The van der Waals surface area contributed by atoms with Crippen LogP contribution in [0, 0.1) is 6.92 Å². The van der Waals surface area contributed by atoms with Gasteiger partial charge in [0.05, 0.1) is 39.7 Å². The zero-order chi connectivity index (χ0) is 24.1. The van der Waals surface area contributed by atoms with E-state index in [-0.39, 0.29) is 24.1 Å². The summed E-state index contributed by atoms with van der Waals surface area (Å²) in [5.74, 6) is 0.182. The molecule has 1 heterocycles. The first-order valence-corrected chi connectivity index (χ1v) is 10.1. The van der Waals surface area contributed by atoms with Gasteiger partial charge >= 0.3 is 11.6 Å². The van der Waals surface area contributed by atoms with E-state index in [1.807, 2.05) is 13.0 Å². The lowest BCUT2D eigenvalue weighted by molar-refractivity contribution is -0.116. The van der Waals surface area contributed by atoms with Gasteiger partial charge in [0, 0.05) is 35.6 Å². The van der Waals surface area contributed by atoms with Gasteiger partial charge in [-0.2, -0.15) is 0 Å². The summed E-state index contributed by atoms with van der Waals surface area (Å²) in [5, 5.41) is 3.45. The van der Waals surface area contributed by atoms with E-state index in [9.17, 15) is 14.4 Å². The molecule has 33 heavy (non-hydrogen) atoms. The van der Waals surface area contributed by atoms with E-state index >= 15 is 0 Å². The Morgan fingerprint density at radius 2 is 1.67 bits per heavy atom. The highest BCUT2D eigenvalue weighted by atomic mass is 16.5. The third kappa shape index (κ3) is 4.92. The molecule has 0 aliphatic rings. The minimum atomic E-state index is -0.646. The quantitative estimate of drug-likeness (QED) is 0.406. The van der Waals surface area contributed by atoms with Crippen LogP contribution < -0.4 is 25.2 Å². The average Bonchev–Trinajstić information content (AvgIpc) is 2.82. The lowest BCUT2D eigenvalue weighted by Gasteiger charge is -2.15. The van der Waals surface area contributed by atoms with Crippen molar-refractivity contribution >= 4 is 28.5 Å². The van der Waals surface area contributed by atoms with Crippen LogP contribution in [0.15, 0.2) is 39.5 Å². The normalized spacial score (nSPS) is 10.6. The maximum atomic E-state index is 12.7. The van der Waals surface area contributed by atoms with E-state index in [2.05, 4.69) is 5.32 Å². The number of hydrogen-bond donors (Lipinski definition) is 1. The first kappa shape index (κ1) is 23.6. The number of carbonyl (C=O) groups excluding carboxylic acids is 2. The minimum absolute atomic E-state index is 0.0117. The van der Waals surface area contributed by atoms with E-state index < -0.39 is 17.5 Å². The molecule has 9 heteroatoms. The highest BCUT2D eigenvalue weighted by molar-refractivity contribution is 6.02. The van der Waals surface area contributed by atoms with Crippen molar-refractivity contribution in [1.29, 1.82) is 0 Å². The maximum Gasteiger partial charge on any atom is 0.340 e. The second kappa shape index (κ2) is 10.1. The van der Waals surface area contributed by atoms with E-state index in [0.717, 1.165) is 10.9 Å². The van der Waals surface area contributed by atoms with Gasteiger partial charge < -0.3 is 28.7 Å². The Morgan fingerprint density at radius 3 is 2.30 bits per heavy atom. The summed E-state index contributed by atoms with van der Waals surface area (Å²) in [6.07, 6.45) is 0.144. The Bertz CT molecular complexity index is 1260. The van der Waals surface area contributed by atoms with Gasteiger partial charge in [0.2, 0.25) is 5.91 Å². The van der Waals surface area contributed by atoms with Gasteiger partial charge in [-0.1, -0.05) is 0 Å². The lowest BCUT2D eigenvalue weighted by atomic mass is 10.0. The van der Waals surface area contributed by atoms with Crippen LogP contribution in [0.1, 0.15) is 27.9 Å². The molecular formula is C24H25NO8. The number of benzene rings is 2. The van der Waals surface area contributed by atoms with Crippen LogP contribution in [-0.4, -0.2) is 40.3 Å². The molecule has 0 radical (unpaired) electrons. The van der Waals surface area contributed by atoms with Crippen molar-refractivity contribution < 1.29 is 33.0 Å². The minimum Gasteiger partial charge on any atom is -0.497 e. The molecule has 1 N–H and O–H groups in total. The van der Waals surface area contributed by atoms with Crippen molar-refractivity contribution in [3.05, 3.63) is 57.4 Å². The summed E-state index contributed by atoms with van der Waals surface area (Å²) >= 11 is 0. The highest BCUT2D eigenvalue weighted by Crippen LogP contribution is 2.34. The number of anilines is 1. The van der Waals surface area contributed by atoms with Gasteiger partial charge in [0.1, 0.15) is 11.3 Å². The summed E-state index contributed by atoms with van der Waals surface area (Å²) in [4.78, 5) is 37.4. The molecule has 1 amide bonds. The SMILES string of the molecule is COC(=O)c1cc(OC)c(OC)cc1NC(=O)CCc1c(C)c2ccc(OC)cc2oc1=O. The number of nitrogens with one attached hydrogen (secondary N) is 1. The van der Waals surface area contributed by atoms with E-state index in [1.54, 1.807) is 12.1 Å². The third-order valence-corrected chi connectivity index (χ3v) is 5.30. The zero-order valence-corrected chi connectivity index (χ0v) is 19.1. The van der Waals surface area contributed by atoms with Crippen LogP contribution in [-0.2, 0) is 16.0 Å². The highest BCUT2D eigenvalue weighted by Gasteiger charge is 2.20. The van der Waals surface area contributed by atoms with Crippen LogP contribution in [0.25, 0.3) is 11.0 Å². The Morgan fingerprint density at radius 1 is 0.970 bits per heavy atom. The van der Waals surface area contributed by atoms with E-state index in [1.165, 1.54) is 40.6 Å². The van der Waals surface area contributed by atoms with E-state index in [4.69, 9.17) is 23.4 Å². The van der Waals surface area contributed by atoms with Crippen LogP contribution in [0.4, 0.5) is 5.69 Å². The molecule has 3 rings (SSSR count). The summed E-state index contributed by atoms with van der Waals surface area (Å²) in [7, 11) is 5.65. The fourth-order valence-electron chi connectivity index (χ4n) is 3.50. The molecule has 0 unspecified atom stereocenters. The number of ether oxygens (including phenoxy) is 4. The molecule has 0 aliphatic carbocycles. The molecular weight excluding hydrogens is 430 g/mol. The topological polar surface area (TPSA) is 113 Å². The van der Waals surface area contributed by atoms with E-state index in [0.29, 0.717) is 28.4 Å². The zero-order valence-electron chi connectivity index (χ0n) is 19.1. The Balaban J connectivity index is 1.84. The van der Waals surface area contributed by atoms with Gasteiger partial charge in [-0.05, 0) is 31.0 Å². The van der Waals surface area contributed by atoms with Gasteiger partial charge in [-0.3, -0.25) is 4.79 Å². The molecule has 0 saturated carbocycles. The molecule has 3 aromatic rings. The molecule has 0 spiro atoms. The summed E-state index contributed by atoms with van der Waals surface area (Å²) in [5.41, 5.74) is 1.36. The monoisotopic (exact) mass is 455 g/mol. The van der Waals surface area contributed by atoms with Crippen molar-refractivity contribution in [3.63, 3.8) is 0 Å². The molecule has 2 aromatic carbocycles. The number of fused-ring (bicyclic) bond motifs is 1. The molecule has 9 nitrogen and oxygen atoms in total. The fourth-order valence-corrected chi connectivity index (χ4v) is 3.50. The predicted molar refractivity (Wildman–Crippen MR) is 122 cm³/mol. The molecule has 0 atom stereocenters. The van der Waals surface area contributed by atoms with Gasteiger partial charge in [0.25, 0.3) is 0 Å². The third-order valence-electron chi connectivity index (χ3n) is 5.30. The van der Waals surface area contributed by atoms with Crippen LogP contribution >= 0.6 is 0 Å². The van der Waals surface area contributed by atoms with Crippen LogP contribution in [0.5, 0.6) is 17.2 Å². The number of carbonyl (C=O) groups is 2. The summed E-state index contributed by atoms with van der Waals surface area (Å²) in [6.45, 7) is 1.81. The van der Waals surface area contributed by atoms with Crippen LogP contribution in [0.2, 0.25) is 0 Å². The average molecular weight is 455 g/mol. The maximum absolute atomic E-state index is 12.7. The second-order valence-corrected chi connectivity index (χ2v) is 7.15. The Labute approximate surface area is 190 Å². The molecule has 174 valence electrons. The number of amides is 1. The number of rotatable bonds is 8. The number of aryl methyl sites for hydroxylation is 1. The van der Waals surface area contributed by atoms with Crippen molar-refractivity contribution in [2.75, 3.05) is 33.8 Å². The number of esters is 1. The molecule has 1 aromatic heterocycles. The summed E-state index contributed by atoms with van der Waals surface area (Å²) in [6, 6.07) is 8.13. The van der Waals surface area contributed by atoms with Crippen LogP contribution in [0.3, 0.4) is 0 Å². The smallest absolute Gasteiger partial charge is 0.340 e. The summed E-state index contributed by atoms with van der Waals surface area (Å²) < 4.78 is 25.9. The van der Waals surface area contributed by atoms with Crippen molar-refractivity contribution in [3.8, 4) is 17.2 Å². The first-order valence-electron chi connectivity index (χ1n) is 10.1. The molecule has 0 fully saturated rings. The fraction of sp³-hybridized carbons (Fsp3) is 0.292. The second-order valence-electron chi connectivity index (χ2n) is 7.15. The van der Waals surface area contributed by atoms with Gasteiger partial charge in [0.15, 0.2) is 11.5 Å². The predicted octanol–water partition coefficient (Wildman–Crippen LogP) is 3.49. The van der Waals surface area contributed by atoms with Gasteiger partial charge in [-0.15, -0.1) is 0 Å². The lowest BCUT2D eigenvalue weighted by Crippen LogP contribution is -2.18. The Kier molecular flexibility index (Phi) is 7.22. The van der Waals surface area contributed by atoms with Gasteiger partial charge in [-0.25, -0.2) is 9.59 Å². The number of methoxy groups -OCH3 is 4. The number of hydrogen-bond acceptors (Lipinski definition) is 8. The standard InChI is InChI=1S/C24H25NO8/c1-13-15-7-6-14(29-2)10-19(15)33-24(28)16(13)8-9-22(26)25-18-12-21(31-4)20(30-3)11-17(18)23(27)32-5/h6-7,10-12H,8-9H2,1-5H3,(H,25,26). The largest absolute Gasteiger partial charge is 0.497 e. The first-order chi connectivity index (χ1) is 15.8. The molecule has 0 saturated heterocycles. The molecule has 0 bridgehead atoms. The Hall–Kier alpha value is -4.01. The van der Waals surface area contributed by atoms with Crippen molar-refractivity contribution in [2.24, 2.45) is 0 Å².